The lowest BCUT2D eigenvalue weighted by Gasteiger charge is -2.37. The molecule has 0 aliphatic heterocycles. The van der Waals surface area contributed by atoms with Gasteiger partial charge in [0.25, 0.3) is 5.91 Å². The molecule has 0 aliphatic rings. The van der Waals surface area contributed by atoms with E-state index in [1.54, 1.807) is 100 Å². The van der Waals surface area contributed by atoms with Gasteiger partial charge >= 0.3 is 12.1 Å². The number of carbonyl (C=O) groups is 6. The van der Waals surface area contributed by atoms with Crippen LogP contribution in [0.5, 0.6) is 0 Å². The Balaban J connectivity index is 1.58. The molecule has 0 spiro atoms. The Bertz CT molecular complexity index is 2520. The molecule has 5 rings (SSSR count). The summed E-state index contributed by atoms with van der Waals surface area (Å²) in [5.74, 6) is -9.11. The van der Waals surface area contributed by atoms with Crippen LogP contribution in [-0.4, -0.2) is 65.3 Å². The topological polar surface area (TPSA) is 212 Å². The van der Waals surface area contributed by atoms with Crippen molar-refractivity contribution in [3.05, 3.63) is 178 Å². The number of ether oxygens (including phenoxy) is 2. The maximum absolute atomic E-state index is 15.3. The number of hydrogen-bond acceptors (Lipinski definition) is 10. The Morgan fingerprint density at radius 1 is 0.657 bits per heavy atom. The molecule has 0 fully saturated rings. The van der Waals surface area contributed by atoms with Crippen molar-refractivity contribution in [2.75, 3.05) is 6.54 Å². The molecule has 6 atom stereocenters. The van der Waals surface area contributed by atoms with Crippen molar-refractivity contribution in [2.24, 2.45) is 35.1 Å². The number of carbonyl (C=O) groups excluding carboxylic acids is 6. The average Bonchev–Trinajstić information content (AvgIpc) is 3.34. The first-order valence-corrected chi connectivity index (χ1v) is 23.3. The molecule has 14 nitrogen and oxygen atoms in total. The van der Waals surface area contributed by atoms with Crippen LogP contribution in [0.3, 0.4) is 0 Å². The predicted octanol–water partition coefficient (Wildman–Crippen LogP) is 7.08. The summed E-state index contributed by atoms with van der Waals surface area (Å²) in [7, 11) is 0. The number of hydrazine groups is 1. The molecule has 5 aromatic carbocycles. The fraction of sp³-hybridized carbons (Fsp3) is 0.321. The van der Waals surface area contributed by atoms with Crippen LogP contribution in [0.15, 0.2) is 133 Å². The SMILES string of the molecule is CC(C)[C@H](NC(=O)[C@@H](Cc1ccccc1)C(N)=O)C(=O)NN(Cc1ccc(F)cc1)CC(OC(=O)c1ccc(CCl)cc1)C(C(=O)[C@@H](NC(=O)OCc1ccccc1)C(C)C)C(N)c1ccc(F)cc1. The molecule has 0 heterocycles. The van der Waals surface area contributed by atoms with Crippen LogP contribution in [0.4, 0.5) is 13.6 Å². The van der Waals surface area contributed by atoms with Gasteiger partial charge in [-0.1, -0.05) is 125 Å². The van der Waals surface area contributed by atoms with Gasteiger partial charge in [0.15, 0.2) is 5.78 Å². The van der Waals surface area contributed by atoms with E-state index in [0.717, 1.165) is 12.1 Å². The van der Waals surface area contributed by atoms with Gasteiger partial charge in [-0.05, 0) is 82.5 Å². The van der Waals surface area contributed by atoms with Crippen molar-refractivity contribution in [3.8, 4) is 0 Å². The van der Waals surface area contributed by atoms with Gasteiger partial charge in [-0.2, -0.15) is 0 Å². The van der Waals surface area contributed by atoms with E-state index in [1.807, 2.05) is 0 Å². The summed E-state index contributed by atoms with van der Waals surface area (Å²) >= 11 is 6.04. The second-order valence-corrected chi connectivity index (χ2v) is 17.8. The lowest BCUT2D eigenvalue weighted by Crippen LogP contribution is -2.59. The lowest BCUT2D eigenvalue weighted by molar-refractivity contribution is -0.139. The first-order valence-electron chi connectivity index (χ1n) is 22.7. The molecule has 70 heavy (non-hydrogen) atoms. The van der Waals surface area contributed by atoms with Crippen LogP contribution in [0.1, 0.15) is 71.9 Å². The Kier molecular flexibility index (Phi) is 20.1. The summed E-state index contributed by atoms with van der Waals surface area (Å²) in [6.45, 7) is 5.93. The molecule has 5 aromatic rings. The number of alkyl halides is 1. The second kappa shape index (κ2) is 26.1. The summed E-state index contributed by atoms with van der Waals surface area (Å²) in [6.07, 6.45) is -2.53. The van der Waals surface area contributed by atoms with Gasteiger partial charge in [-0.25, -0.2) is 23.4 Å². The highest BCUT2D eigenvalue weighted by molar-refractivity contribution is 6.17. The van der Waals surface area contributed by atoms with E-state index in [0.29, 0.717) is 22.3 Å². The van der Waals surface area contributed by atoms with Crippen molar-refractivity contribution in [3.63, 3.8) is 0 Å². The molecule has 4 amide bonds. The average molecular weight is 982 g/mol. The Labute approximate surface area is 411 Å². The van der Waals surface area contributed by atoms with Crippen LogP contribution >= 0.6 is 11.6 Å². The van der Waals surface area contributed by atoms with E-state index in [-0.39, 0.29) is 36.6 Å². The number of nitrogens with zero attached hydrogens (tertiary/aromatic N) is 1. The van der Waals surface area contributed by atoms with E-state index in [2.05, 4.69) is 16.1 Å². The summed E-state index contributed by atoms with van der Waals surface area (Å²) in [6, 6.07) is 30.3. The highest BCUT2D eigenvalue weighted by Gasteiger charge is 2.43. The van der Waals surface area contributed by atoms with Gasteiger partial charge in [0, 0.05) is 18.5 Å². The number of halogens is 3. The van der Waals surface area contributed by atoms with E-state index in [9.17, 15) is 32.8 Å². The first kappa shape index (κ1) is 53.9. The maximum Gasteiger partial charge on any atom is 0.408 e. The van der Waals surface area contributed by atoms with E-state index < -0.39 is 102 Å². The lowest BCUT2D eigenvalue weighted by atomic mass is 9.80. The third kappa shape index (κ3) is 15.8. The minimum Gasteiger partial charge on any atom is -0.456 e. The Morgan fingerprint density at radius 3 is 1.74 bits per heavy atom. The zero-order valence-electron chi connectivity index (χ0n) is 39.4. The highest BCUT2D eigenvalue weighted by Crippen LogP contribution is 2.30. The monoisotopic (exact) mass is 980 g/mol. The first-order chi connectivity index (χ1) is 33.4. The molecular formula is C53H59ClF2N6O8. The molecule has 17 heteroatoms. The van der Waals surface area contributed by atoms with Crippen LogP contribution in [-0.2, 0) is 54.1 Å². The summed E-state index contributed by atoms with van der Waals surface area (Å²) < 4.78 is 40.5. The van der Waals surface area contributed by atoms with E-state index >= 15 is 4.79 Å². The van der Waals surface area contributed by atoms with E-state index in [4.69, 9.17) is 32.5 Å². The second-order valence-electron chi connectivity index (χ2n) is 17.6. The number of ketones is 1. The number of rotatable bonds is 24. The molecule has 3 unspecified atom stereocenters. The van der Waals surface area contributed by atoms with Crippen LogP contribution in [0.25, 0.3) is 0 Å². The van der Waals surface area contributed by atoms with Gasteiger partial charge in [0.1, 0.15) is 36.3 Å². The van der Waals surface area contributed by atoms with Crippen molar-refractivity contribution in [1.82, 2.24) is 21.1 Å². The molecular weight excluding hydrogens is 922 g/mol. The number of nitrogens with one attached hydrogen (secondary N) is 3. The molecule has 0 aromatic heterocycles. The molecule has 0 bridgehead atoms. The summed E-state index contributed by atoms with van der Waals surface area (Å²) in [4.78, 5) is 84.0. The fourth-order valence-corrected chi connectivity index (χ4v) is 7.85. The summed E-state index contributed by atoms with van der Waals surface area (Å²) in [5.41, 5.74) is 18.4. The number of alkyl carbamates (subject to hydrolysis) is 1. The van der Waals surface area contributed by atoms with Crippen molar-refractivity contribution >= 4 is 47.2 Å². The van der Waals surface area contributed by atoms with Crippen molar-refractivity contribution < 1.29 is 47.0 Å². The van der Waals surface area contributed by atoms with Crippen molar-refractivity contribution in [1.29, 1.82) is 0 Å². The summed E-state index contributed by atoms with van der Waals surface area (Å²) in [5, 5.41) is 6.68. The Morgan fingerprint density at radius 2 is 1.20 bits per heavy atom. The predicted molar refractivity (Wildman–Crippen MR) is 260 cm³/mol. The zero-order chi connectivity index (χ0) is 50.9. The third-order valence-electron chi connectivity index (χ3n) is 11.6. The Hall–Kier alpha value is -7.01. The van der Waals surface area contributed by atoms with Crippen LogP contribution in [0, 0.1) is 35.3 Å². The minimum absolute atomic E-state index is 0.0342. The van der Waals surface area contributed by atoms with Crippen LogP contribution in [0.2, 0.25) is 0 Å². The fourth-order valence-electron chi connectivity index (χ4n) is 7.67. The maximum atomic E-state index is 15.3. The zero-order valence-corrected chi connectivity index (χ0v) is 40.1. The van der Waals surface area contributed by atoms with Gasteiger partial charge in [-0.15, -0.1) is 11.6 Å². The molecule has 7 N–H and O–H groups in total. The molecule has 370 valence electrons. The van der Waals surface area contributed by atoms with E-state index in [1.165, 1.54) is 53.5 Å². The quantitative estimate of drug-likeness (QED) is 0.0183. The van der Waals surface area contributed by atoms with Crippen molar-refractivity contribution in [2.45, 2.75) is 77.4 Å². The van der Waals surface area contributed by atoms with Gasteiger partial charge in [0.2, 0.25) is 11.8 Å². The van der Waals surface area contributed by atoms with Gasteiger partial charge < -0.3 is 31.6 Å². The third-order valence-corrected chi connectivity index (χ3v) is 11.9. The number of hydrogen-bond donors (Lipinski definition) is 5. The standard InChI is InChI=1S/C53H59ClF2N6O8/c1-32(2)46(60-53(68)69-31-37-13-9-6-10-14-37)48(63)44(45(57)38-21-25-41(56)26-22-38)43(70-52(67)39-19-15-35(28-54)16-20-39)30-62(29-36-17-23-40(55)24-18-36)61-51(66)47(33(3)4)59-50(65)42(49(58)64)27-34-11-7-5-8-12-34/h5-26,32-33,42-47H,27-31,57H2,1-4H3,(H2,58,64)(H,59,65)(H,60,68)(H,61,66)/t42-,43?,44?,45?,46-,47-/m0/s1. The molecule has 0 saturated carbocycles. The number of amides is 4. The minimum atomic E-state index is -1.57. The number of nitrogens with two attached hydrogens (primary N) is 2. The smallest absolute Gasteiger partial charge is 0.408 e. The number of Topliss-reactive ketones (excluding diaryl/α,β-unsaturated/α-hetero) is 1. The van der Waals surface area contributed by atoms with Crippen LogP contribution < -0.4 is 27.5 Å². The number of primary amides is 1. The van der Waals surface area contributed by atoms with Gasteiger partial charge in [0.05, 0.1) is 24.1 Å². The number of esters is 1. The number of benzene rings is 5. The molecule has 0 saturated heterocycles. The molecule has 0 aliphatic carbocycles. The largest absolute Gasteiger partial charge is 0.456 e. The molecule has 0 radical (unpaired) electrons. The van der Waals surface area contributed by atoms with Gasteiger partial charge in [-0.3, -0.25) is 24.6 Å². The highest BCUT2D eigenvalue weighted by atomic mass is 35.5. The normalized spacial score (nSPS) is 13.9.